The molecule has 0 unspecified atom stereocenters. The van der Waals surface area contributed by atoms with Gasteiger partial charge in [-0.3, -0.25) is 9.78 Å². The van der Waals surface area contributed by atoms with Gasteiger partial charge in [0.25, 0.3) is 10.0 Å². The quantitative estimate of drug-likeness (QED) is 0.880. The topological polar surface area (TPSA) is 88.2 Å². The molecule has 0 aliphatic carbocycles. The lowest BCUT2D eigenvalue weighted by molar-refractivity contribution is -0.120. The maximum Gasteiger partial charge on any atom is 0.264 e. The normalized spacial score (nSPS) is 21.4. The zero-order valence-electron chi connectivity index (χ0n) is 12.8. The molecule has 2 atom stereocenters. The first kappa shape index (κ1) is 15.9. The van der Waals surface area contributed by atoms with Crippen LogP contribution in [0.25, 0.3) is 10.9 Å². The van der Waals surface area contributed by atoms with Crippen molar-refractivity contribution >= 4 is 26.8 Å². The van der Waals surface area contributed by atoms with E-state index in [9.17, 15) is 13.2 Å². The summed E-state index contributed by atoms with van der Waals surface area (Å²) < 4.78 is 27.3. The number of sulfonamides is 1. The third-order valence-corrected chi connectivity index (χ3v) is 5.70. The average molecular weight is 333 g/mol. The average Bonchev–Trinajstić information content (AvgIpc) is 2.91. The number of rotatable bonds is 4. The second-order valence-corrected chi connectivity index (χ2v) is 7.61. The highest BCUT2D eigenvalue weighted by Crippen LogP contribution is 2.22. The van der Waals surface area contributed by atoms with Crippen LogP contribution in [0.15, 0.2) is 41.4 Å². The molecule has 23 heavy (non-hydrogen) atoms. The number of aromatic nitrogens is 1. The van der Waals surface area contributed by atoms with Gasteiger partial charge in [0, 0.05) is 18.0 Å². The number of nitrogens with zero attached hydrogens (tertiary/aromatic N) is 1. The van der Waals surface area contributed by atoms with Crippen LogP contribution in [0.4, 0.5) is 0 Å². The molecule has 3 rings (SSSR count). The SMILES string of the molecule is C[C@@H]1CNC[C@H]1CC(=O)NS(=O)(=O)c1cccc2ncccc12. The summed E-state index contributed by atoms with van der Waals surface area (Å²) in [5, 5.41) is 3.71. The zero-order valence-corrected chi connectivity index (χ0v) is 13.6. The van der Waals surface area contributed by atoms with Gasteiger partial charge in [0.15, 0.2) is 0 Å². The van der Waals surface area contributed by atoms with Crippen LogP contribution in [-0.2, 0) is 14.8 Å². The van der Waals surface area contributed by atoms with Gasteiger partial charge in [0.1, 0.15) is 0 Å². The number of nitrogens with one attached hydrogen (secondary N) is 2. The molecule has 1 aromatic heterocycles. The van der Waals surface area contributed by atoms with E-state index >= 15 is 0 Å². The summed E-state index contributed by atoms with van der Waals surface area (Å²) >= 11 is 0. The van der Waals surface area contributed by atoms with Crippen LogP contribution in [0.1, 0.15) is 13.3 Å². The van der Waals surface area contributed by atoms with Gasteiger partial charge in [-0.25, -0.2) is 13.1 Å². The Hall–Kier alpha value is -1.99. The summed E-state index contributed by atoms with van der Waals surface area (Å²) in [5.41, 5.74) is 0.580. The number of amides is 1. The van der Waals surface area contributed by atoms with Gasteiger partial charge in [0.2, 0.25) is 5.91 Å². The van der Waals surface area contributed by atoms with Crippen molar-refractivity contribution in [3.63, 3.8) is 0 Å². The molecule has 0 bridgehead atoms. The molecule has 7 heteroatoms. The van der Waals surface area contributed by atoms with Gasteiger partial charge >= 0.3 is 0 Å². The molecule has 2 aromatic rings. The Labute approximate surface area is 135 Å². The minimum Gasteiger partial charge on any atom is -0.316 e. The van der Waals surface area contributed by atoms with Crippen LogP contribution in [0.2, 0.25) is 0 Å². The summed E-state index contributed by atoms with van der Waals surface area (Å²) in [6.45, 7) is 3.66. The molecule has 0 saturated carbocycles. The molecular formula is C16H19N3O3S. The van der Waals surface area contributed by atoms with E-state index in [0.29, 0.717) is 16.8 Å². The first-order valence-electron chi connectivity index (χ1n) is 7.57. The van der Waals surface area contributed by atoms with E-state index in [1.54, 1.807) is 30.5 Å². The summed E-state index contributed by atoms with van der Waals surface area (Å²) in [6, 6.07) is 8.21. The smallest absolute Gasteiger partial charge is 0.264 e. The highest BCUT2D eigenvalue weighted by Gasteiger charge is 2.27. The van der Waals surface area contributed by atoms with Gasteiger partial charge in [-0.1, -0.05) is 13.0 Å². The molecule has 1 aliphatic heterocycles. The minimum absolute atomic E-state index is 0.0778. The Morgan fingerprint density at radius 2 is 2.13 bits per heavy atom. The summed E-state index contributed by atoms with van der Waals surface area (Å²) in [5.74, 6) is 0.0658. The molecule has 6 nitrogen and oxygen atoms in total. The van der Waals surface area contributed by atoms with Crippen molar-refractivity contribution in [1.29, 1.82) is 0 Å². The number of fused-ring (bicyclic) bond motifs is 1. The fraction of sp³-hybridized carbons (Fsp3) is 0.375. The van der Waals surface area contributed by atoms with Gasteiger partial charge in [-0.05, 0) is 49.2 Å². The fourth-order valence-corrected chi connectivity index (χ4v) is 4.14. The van der Waals surface area contributed by atoms with Crippen molar-refractivity contribution in [3.8, 4) is 0 Å². The fourth-order valence-electron chi connectivity index (χ4n) is 2.93. The van der Waals surface area contributed by atoms with Crippen molar-refractivity contribution in [3.05, 3.63) is 36.5 Å². The Morgan fingerprint density at radius 1 is 1.30 bits per heavy atom. The monoisotopic (exact) mass is 333 g/mol. The van der Waals surface area contributed by atoms with E-state index < -0.39 is 15.9 Å². The Balaban J connectivity index is 1.82. The Bertz CT molecular complexity index is 830. The number of benzene rings is 1. The Kier molecular flexibility index (Phi) is 4.32. The van der Waals surface area contributed by atoms with Crippen molar-refractivity contribution in [1.82, 2.24) is 15.0 Å². The summed E-state index contributed by atoms with van der Waals surface area (Å²) in [7, 11) is -3.91. The lowest BCUT2D eigenvalue weighted by Gasteiger charge is -2.14. The van der Waals surface area contributed by atoms with Crippen LogP contribution in [-0.4, -0.2) is 32.4 Å². The van der Waals surface area contributed by atoms with E-state index in [0.717, 1.165) is 13.1 Å². The number of hydrogen-bond donors (Lipinski definition) is 2. The largest absolute Gasteiger partial charge is 0.316 e. The minimum atomic E-state index is -3.91. The van der Waals surface area contributed by atoms with E-state index in [1.807, 2.05) is 0 Å². The zero-order chi connectivity index (χ0) is 16.4. The Morgan fingerprint density at radius 3 is 2.87 bits per heavy atom. The molecule has 122 valence electrons. The number of carbonyl (C=O) groups is 1. The van der Waals surface area contributed by atoms with Gasteiger partial charge in [-0.2, -0.15) is 0 Å². The molecule has 1 aromatic carbocycles. The van der Waals surface area contributed by atoms with Gasteiger partial charge in [0.05, 0.1) is 10.4 Å². The molecule has 1 aliphatic rings. The van der Waals surface area contributed by atoms with E-state index in [4.69, 9.17) is 0 Å². The molecule has 0 spiro atoms. The van der Waals surface area contributed by atoms with E-state index in [2.05, 4.69) is 21.9 Å². The molecule has 1 fully saturated rings. The number of hydrogen-bond acceptors (Lipinski definition) is 5. The highest BCUT2D eigenvalue weighted by molar-refractivity contribution is 7.90. The summed E-state index contributed by atoms with van der Waals surface area (Å²) in [6.07, 6.45) is 1.81. The molecular weight excluding hydrogens is 314 g/mol. The van der Waals surface area contributed by atoms with Crippen molar-refractivity contribution < 1.29 is 13.2 Å². The van der Waals surface area contributed by atoms with Crippen LogP contribution in [0.3, 0.4) is 0 Å². The highest BCUT2D eigenvalue weighted by atomic mass is 32.2. The first-order chi connectivity index (χ1) is 11.0. The summed E-state index contributed by atoms with van der Waals surface area (Å²) in [4.78, 5) is 16.4. The standard InChI is InChI=1S/C16H19N3O3S/c1-11-9-17-10-12(11)8-16(20)19-23(21,22)15-6-2-5-14-13(15)4-3-7-18-14/h2-7,11-12,17H,8-10H2,1H3,(H,19,20)/t11-,12-/m1/s1. The van der Waals surface area contributed by atoms with Crippen molar-refractivity contribution in [2.45, 2.75) is 18.2 Å². The lowest BCUT2D eigenvalue weighted by Crippen LogP contribution is -2.33. The van der Waals surface area contributed by atoms with Crippen molar-refractivity contribution in [2.24, 2.45) is 11.8 Å². The predicted octanol–water partition coefficient (Wildman–Crippen LogP) is 1.29. The maximum atomic E-state index is 12.5. The van der Waals surface area contributed by atoms with Crippen molar-refractivity contribution in [2.75, 3.05) is 13.1 Å². The van der Waals surface area contributed by atoms with Crippen LogP contribution >= 0.6 is 0 Å². The lowest BCUT2D eigenvalue weighted by atomic mass is 9.95. The third-order valence-electron chi connectivity index (χ3n) is 4.27. The van der Waals surface area contributed by atoms with E-state index in [1.165, 1.54) is 6.07 Å². The third kappa shape index (κ3) is 3.35. The maximum absolute atomic E-state index is 12.5. The molecule has 2 N–H and O–H groups in total. The number of carbonyl (C=O) groups excluding carboxylic acids is 1. The molecule has 1 saturated heterocycles. The molecule has 0 radical (unpaired) electrons. The molecule has 2 heterocycles. The van der Waals surface area contributed by atoms with Crippen LogP contribution in [0, 0.1) is 11.8 Å². The van der Waals surface area contributed by atoms with Gasteiger partial charge < -0.3 is 5.32 Å². The van der Waals surface area contributed by atoms with Crippen LogP contribution in [0.5, 0.6) is 0 Å². The van der Waals surface area contributed by atoms with Gasteiger partial charge in [-0.15, -0.1) is 0 Å². The predicted molar refractivity (Wildman–Crippen MR) is 87.2 cm³/mol. The van der Waals surface area contributed by atoms with Crippen LogP contribution < -0.4 is 10.0 Å². The van der Waals surface area contributed by atoms with E-state index in [-0.39, 0.29) is 17.2 Å². The second-order valence-electron chi connectivity index (χ2n) is 5.95. The second kappa shape index (κ2) is 6.25. The number of pyridine rings is 1. The molecule has 1 amide bonds. The first-order valence-corrected chi connectivity index (χ1v) is 9.06.